The maximum Gasteiger partial charge on any atom is 0.254 e. The number of fused-ring (bicyclic) bond motifs is 1. The van der Waals surface area contributed by atoms with Crippen LogP contribution in [0.5, 0.6) is 0 Å². The first-order valence-electron chi connectivity index (χ1n) is 11.1. The number of methoxy groups -OCH3 is 1. The molecule has 1 aliphatic rings. The predicted molar refractivity (Wildman–Crippen MR) is 135 cm³/mol. The van der Waals surface area contributed by atoms with Gasteiger partial charge >= 0.3 is 0 Å². The molecule has 0 N–H and O–H groups in total. The number of ether oxygens (including phenoxy) is 1. The van der Waals surface area contributed by atoms with Crippen LogP contribution in [-0.4, -0.2) is 55.0 Å². The molecule has 5 nitrogen and oxygen atoms in total. The highest BCUT2D eigenvalue weighted by molar-refractivity contribution is 9.10. The lowest BCUT2D eigenvalue weighted by Crippen LogP contribution is -2.47. The molecule has 2 heterocycles. The number of amides is 2. The summed E-state index contributed by atoms with van der Waals surface area (Å²) < 4.78 is 19.6. The Morgan fingerprint density at radius 1 is 1.15 bits per heavy atom. The van der Waals surface area contributed by atoms with Crippen LogP contribution in [0.2, 0.25) is 0 Å². The molecule has 2 amide bonds. The van der Waals surface area contributed by atoms with Crippen LogP contribution in [0.1, 0.15) is 38.8 Å². The molecule has 34 heavy (non-hydrogen) atoms. The van der Waals surface area contributed by atoms with Crippen LogP contribution in [0.25, 0.3) is 0 Å². The second-order valence-electron chi connectivity index (χ2n) is 8.17. The molecular formula is C26H26BrFN2O3S. The van der Waals surface area contributed by atoms with Crippen LogP contribution in [0.3, 0.4) is 0 Å². The van der Waals surface area contributed by atoms with Crippen molar-refractivity contribution in [2.45, 2.75) is 18.9 Å². The summed E-state index contributed by atoms with van der Waals surface area (Å²) in [6.07, 6.45) is 1.39. The molecule has 0 aliphatic carbocycles. The Morgan fingerprint density at radius 2 is 1.88 bits per heavy atom. The van der Waals surface area contributed by atoms with Crippen molar-refractivity contribution in [3.8, 4) is 0 Å². The number of halogens is 2. The first kappa shape index (κ1) is 24.6. The van der Waals surface area contributed by atoms with E-state index in [0.717, 1.165) is 22.0 Å². The Hall–Kier alpha value is -2.55. The van der Waals surface area contributed by atoms with Gasteiger partial charge in [-0.1, -0.05) is 28.1 Å². The monoisotopic (exact) mass is 544 g/mol. The maximum absolute atomic E-state index is 13.6. The Balaban J connectivity index is 1.59. The quantitative estimate of drug-likeness (QED) is 0.361. The average Bonchev–Trinajstić information content (AvgIpc) is 3.32. The maximum atomic E-state index is 13.6. The van der Waals surface area contributed by atoms with E-state index in [1.54, 1.807) is 47.6 Å². The molecule has 0 radical (unpaired) electrons. The van der Waals surface area contributed by atoms with E-state index >= 15 is 0 Å². The smallest absolute Gasteiger partial charge is 0.254 e. The summed E-state index contributed by atoms with van der Waals surface area (Å²) in [6, 6.07) is 15.2. The minimum absolute atomic E-state index is 0.0320. The van der Waals surface area contributed by atoms with Gasteiger partial charge in [-0.05, 0) is 71.8 Å². The van der Waals surface area contributed by atoms with Crippen molar-refractivity contribution in [1.29, 1.82) is 0 Å². The van der Waals surface area contributed by atoms with Gasteiger partial charge in [0, 0.05) is 41.7 Å². The van der Waals surface area contributed by atoms with Crippen molar-refractivity contribution in [3.05, 3.63) is 91.8 Å². The zero-order chi connectivity index (χ0) is 24.1. The summed E-state index contributed by atoms with van der Waals surface area (Å²) >= 11 is 5.07. The molecule has 2 aromatic carbocycles. The Morgan fingerprint density at radius 3 is 2.59 bits per heavy atom. The van der Waals surface area contributed by atoms with Crippen LogP contribution in [0.4, 0.5) is 4.39 Å². The molecular weight excluding hydrogens is 519 g/mol. The second-order valence-corrected chi connectivity index (χ2v) is 10.1. The lowest BCUT2D eigenvalue weighted by molar-refractivity contribution is -0.134. The van der Waals surface area contributed by atoms with Gasteiger partial charge in [0.25, 0.3) is 5.91 Å². The van der Waals surface area contributed by atoms with Gasteiger partial charge in [0.1, 0.15) is 12.4 Å². The Labute approximate surface area is 211 Å². The van der Waals surface area contributed by atoms with Crippen molar-refractivity contribution >= 4 is 39.1 Å². The zero-order valence-corrected chi connectivity index (χ0v) is 21.3. The molecule has 0 fully saturated rings. The molecule has 8 heteroatoms. The highest BCUT2D eigenvalue weighted by Crippen LogP contribution is 2.38. The van der Waals surface area contributed by atoms with Gasteiger partial charge in [0.15, 0.2) is 0 Å². The standard InChI is InChI=1S/C26H26BrFN2O3S/c1-33-15-2-13-29(26(32)19-3-7-20(27)8-4-19)17-24(31)30-14-11-23-22(12-16-34-23)25(30)18-5-9-21(28)10-6-18/h3-10,12,16,25H,2,11,13-15,17H2,1H3. The van der Waals surface area contributed by atoms with E-state index in [9.17, 15) is 14.0 Å². The number of carbonyl (C=O) groups excluding carboxylic acids is 2. The van der Waals surface area contributed by atoms with E-state index in [1.165, 1.54) is 17.0 Å². The molecule has 1 aliphatic heterocycles. The zero-order valence-electron chi connectivity index (χ0n) is 18.9. The number of nitrogens with zero attached hydrogens (tertiary/aromatic N) is 2. The number of thiophene rings is 1. The van der Waals surface area contributed by atoms with Gasteiger partial charge < -0.3 is 14.5 Å². The summed E-state index contributed by atoms with van der Waals surface area (Å²) in [5.41, 5.74) is 2.46. The van der Waals surface area contributed by atoms with E-state index < -0.39 is 0 Å². The third-order valence-electron chi connectivity index (χ3n) is 5.95. The molecule has 1 unspecified atom stereocenters. The topological polar surface area (TPSA) is 49.9 Å². The molecule has 178 valence electrons. The molecule has 0 saturated heterocycles. The molecule has 1 atom stereocenters. The molecule has 0 saturated carbocycles. The van der Waals surface area contributed by atoms with Gasteiger partial charge in [-0.15, -0.1) is 11.3 Å². The fraction of sp³-hybridized carbons (Fsp3) is 0.308. The van der Waals surface area contributed by atoms with Gasteiger partial charge in [0.2, 0.25) is 5.91 Å². The highest BCUT2D eigenvalue weighted by Gasteiger charge is 2.34. The van der Waals surface area contributed by atoms with Crippen LogP contribution in [-0.2, 0) is 16.0 Å². The highest BCUT2D eigenvalue weighted by atomic mass is 79.9. The molecule has 3 aromatic rings. The third kappa shape index (κ3) is 5.56. The Bertz CT molecular complexity index is 1130. The lowest BCUT2D eigenvalue weighted by Gasteiger charge is -2.37. The first-order valence-corrected chi connectivity index (χ1v) is 12.8. The summed E-state index contributed by atoms with van der Waals surface area (Å²) in [5.74, 6) is -0.634. The average molecular weight is 545 g/mol. The van der Waals surface area contributed by atoms with E-state index in [4.69, 9.17) is 4.74 Å². The van der Waals surface area contributed by atoms with E-state index in [2.05, 4.69) is 15.9 Å². The van der Waals surface area contributed by atoms with Crippen LogP contribution < -0.4 is 0 Å². The molecule has 4 rings (SSSR count). The van der Waals surface area contributed by atoms with Gasteiger partial charge in [-0.2, -0.15) is 0 Å². The normalized spacial score (nSPS) is 15.1. The van der Waals surface area contributed by atoms with Crippen LogP contribution >= 0.6 is 27.3 Å². The molecule has 0 spiro atoms. The van der Waals surface area contributed by atoms with Crippen molar-refractivity contribution in [2.75, 3.05) is 33.4 Å². The minimum atomic E-state index is -0.313. The van der Waals surface area contributed by atoms with Crippen molar-refractivity contribution in [2.24, 2.45) is 0 Å². The number of carbonyl (C=O) groups is 2. The van der Waals surface area contributed by atoms with Gasteiger partial charge in [-0.25, -0.2) is 4.39 Å². The van der Waals surface area contributed by atoms with Crippen molar-refractivity contribution in [1.82, 2.24) is 9.80 Å². The SMILES string of the molecule is COCCCN(CC(=O)N1CCc2sccc2C1c1ccc(F)cc1)C(=O)c1ccc(Br)cc1. The van der Waals surface area contributed by atoms with E-state index in [0.29, 0.717) is 31.7 Å². The number of hydrogen-bond acceptors (Lipinski definition) is 4. The number of benzene rings is 2. The van der Waals surface area contributed by atoms with Crippen molar-refractivity contribution in [3.63, 3.8) is 0 Å². The fourth-order valence-corrected chi connectivity index (χ4v) is 5.44. The van der Waals surface area contributed by atoms with Crippen molar-refractivity contribution < 1.29 is 18.7 Å². The number of hydrogen-bond donors (Lipinski definition) is 0. The largest absolute Gasteiger partial charge is 0.385 e. The lowest BCUT2D eigenvalue weighted by atomic mass is 9.93. The van der Waals surface area contributed by atoms with Crippen LogP contribution in [0, 0.1) is 5.82 Å². The van der Waals surface area contributed by atoms with E-state index in [1.807, 2.05) is 28.5 Å². The van der Waals surface area contributed by atoms with Gasteiger partial charge in [-0.3, -0.25) is 9.59 Å². The summed E-state index contributed by atoms with van der Waals surface area (Å²) in [7, 11) is 1.62. The molecule has 1 aromatic heterocycles. The fourth-order valence-electron chi connectivity index (χ4n) is 4.27. The second kappa shape index (κ2) is 11.3. The summed E-state index contributed by atoms with van der Waals surface area (Å²) in [6.45, 7) is 1.42. The Kier molecular flexibility index (Phi) is 8.13. The van der Waals surface area contributed by atoms with E-state index in [-0.39, 0.29) is 30.2 Å². The minimum Gasteiger partial charge on any atom is -0.385 e. The first-order chi connectivity index (χ1) is 16.5. The number of rotatable bonds is 8. The molecule has 0 bridgehead atoms. The van der Waals surface area contributed by atoms with Crippen LogP contribution in [0.15, 0.2) is 64.5 Å². The van der Waals surface area contributed by atoms with Gasteiger partial charge in [0.05, 0.1) is 6.04 Å². The summed E-state index contributed by atoms with van der Waals surface area (Å²) in [4.78, 5) is 31.6. The third-order valence-corrected chi connectivity index (χ3v) is 7.48. The summed E-state index contributed by atoms with van der Waals surface area (Å²) in [5, 5.41) is 2.03. The predicted octanol–water partition coefficient (Wildman–Crippen LogP) is 5.30.